The number of hydrogen-bond acceptors (Lipinski definition) is 4. The monoisotopic (exact) mass is 583 g/mol. The molecule has 0 bridgehead atoms. The van der Waals surface area contributed by atoms with Crippen LogP contribution in [-0.2, 0) is 14.8 Å². The number of nitrogens with zero attached hydrogens (tertiary/aromatic N) is 2. The molecule has 1 aliphatic rings. The SMILES string of the molecule is Cc1ccc(S(=O)(=O)N(CC(=O)NC(C)c2ccc(N3CCC(C)CC3)cc2)c2ccc(Br)cc2)cc1. The number of piperidine rings is 1. The van der Waals surface area contributed by atoms with Crippen molar-refractivity contribution in [1.29, 1.82) is 0 Å². The molecule has 1 saturated heterocycles. The van der Waals surface area contributed by atoms with Gasteiger partial charge < -0.3 is 10.2 Å². The lowest BCUT2D eigenvalue weighted by Gasteiger charge is -2.32. The number of sulfonamides is 1. The lowest BCUT2D eigenvalue weighted by molar-refractivity contribution is -0.120. The van der Waals surface area contributed by atoms with E-state index in [9.17, 15) is 13.2 Å². The molecule has 3 aromatic rings. The lowest BCUT2D eigenvalue weighted by Crippen LogP contribution is -2.41. The molecule has 0 radical (unpaired) electrons. The zero-order valence-electron chi connectivity index (χ0n) is 21.5. The van der Waals surface area contributed by atoms with Crippen LogP contribution in [0, 0.1) is 12.8 Å². The highest BCUT2D eigenvalue weighted by atomic mass is 79.9. The quantitative estimate of drug-likeness (QED) is 0.349. The van der Waals surface area contributed by atoms with Crippen LogP contribution in [0.5, 0.6) is 0 Å². The van der Waals surface area contributed by atoms with Gasteiger partial charge in [-0.15, -0.1) is 0 Å². The Morgan fingerprint density at radius 2 is 1.59 bits per heavy atom. The third-order valence-corrected chi connectivity index (χ3v) is 9.25. The summed E-state index contributed by atoms with van der Waals surface area (Å²) >= 11 is 3.39. The van der Waals surface area contributed by atoms with Crippen molar-refractivity contribution < 1.29 is 13.2 Å². The van der Waals surface area contributed by atoms with Crippen LogP contribution >= 0.6 is 15.9 Å². The molecule has 196 valence electrons. The summed E-state index contributed by atoms with van der Waals surface area (Å²) in [5.74, 6) is 0.401. The molecule has 1 heterocycles. The minimum absolute atomic E-state index is 0.143. The molecule has 1 aliphatic heterocycles. The van der Waals surface area contributed by atoms with E-state index in [1.165, 1.54) is 18.5 Å². The van der Waals surface area contributed by atoms with Crippen molar-refractivity contribution in [3.63, 3.8) is 0 Å². The van der Waals surface area contributed by atoms with Crippen LogP contribution in [0.1, 0.15) is 43.9 Å². The van der Waals surface area contributed by atoms with E-state index >= 15 is 0 Å². The molecule has 37 heavy (non-hydrogen) atoms. The van der Waals surface area contributed by atoms with E-state index in [4.69, 9.17) is 0 Å². The number of benzene rings is 3. The van der Waals surface area contributed by atoms with Crippen molar-refractivity contribution in [1.82, 2.24) is 5.32 Å². The Labute approximate surface area is 228 Å². The van der Waals surface area contributed by atoms with E-state index in [1.807, 2.05) is 26.0 Å². The first-order valence-corrected chi connectivity index (χ1v) is 14.9. The predicted molar refractivity (Wildman–Crippen MR) is 153 cm³/mol. The molecular weight excluding hydrogens is 550 g/mol. The molecule has 1 amide bonds. The molecular formula is C29H34BrN3O3S. The smallest absolute Gasteiger partial charge is 0.264 e. The molecule has 1 unspecified atom stereocenters. The second-order valence-corrected chi connectivity index (χ2v) is 12.6. The Bertz CT molecular complexity index is 1300. The lowest BCUT2D eigenvalue weighted by atomic mass is 9.98. The van der Waals surface area contributed by atoms with E-state index in [0.29, 0.717) is 5.69 Å². The van der Waals surface area contributed by atoms with E-state index in [0.717, 1.165) is 38.9 Å². The highest BCUT2D eigenvalue weighted by molar-refractivity contribution is 9.10. The van der Waals surface area contributed by atoms with Crippen LogP contribution in [0.15, 0.2) is 82.2 Å². The van der Waals surface area contributed by atoms with Gasteiger partial charge in [0.25, 0.3) is 10.0 Å². The number of amides is 1. The Morgan fingerprint density at radius 3 is 2.19 bits per heavy atom. The number of nitrogens with one attached hydrogen (secondary N) is 1. The van der Waals surface area contributed by atoms with E-state index in [1.54, 1.807) is 48.5 Å². The molecule has 1 N–H and O–H groups in total. The first-order valence-electron chi connectivity index (χ1n) is 12.6. The van der Waals surface area contributed by atoms with Gasteiger partial charge in [0.2, 0.25) is 5.91 Å². The van der Waals surface area contributed by atoms with Gasteiger partial charge in [0.05, 0.1) is 16.6 Å². The van der Waals surface area contributed by atoms with Crippen molar-refractivity contribution in [3.05, 3.63) is 88.4 Å². The van der Waals surface area contributed by atoms with E-state index in [2.05, 4.69) is 45.2 Å². The van der Waals surface area contributed by atoms with Crippen LogP contribution in [0.2, 0.25) is 0 Å². The summed E-state index contributed by atoms with van der Waals surface area (Å²) in [6.45, 7) is 7.91. The van der Waals surface area contributed by atoms with Crippen molar-refractivity contribution in [3.8, 4) is 0 Å². The zero-order valence-corrected chi connectivity index (χ0v) is 23.9. The molecule has 0 spiro atoms. The number of hydrogen-bond donors (Lipinski definition) is 1. The number of carbonyl (C=O) groups excluding carboxylic acids is 1. The summed E-state index contributed by atoms with van der Waals surface area (Å²) in [5.41, 5.74) is 3.55. The van der Waals surface area contributed by atoms with Gasteiger partial charge in [-0.2, -0.15) is 0 Å². The maximum atomic E-state index is 13.6. The van der Waals surface area contributed by atoms with Gasteiger partial charge in [0.1, 0.15) is 6.54 Å². The fraction of sp³-hybridized carbons (Fsp3) is 0.345. The topological polar surface area (TPSA) is 69.7 Å². The normalized spacial score (nSPS) is 15.3. The standard InChI is InChI=1S/C29H34BrN3O3S/c1-21-4-14-28(15-5-21)37(35,36)33(27-12-8-25(30)9-13-27)20-29(34)31-23(3)24-6-10-26(11-7-24)32-18-16-22(2)17-19-32/h4-15,22-23H,16-20H2,1-3H3,(H,31,34). The van der Waals surface area contributed by atoms with Crippen LogP contribution in [0.25, 0.3) is 0 Å². The van der Waals surface area contributed by atoms with Crippen molar-refractivity contribution >= 4 is 43.2 Å². The van der Waals surface area contributed by atoms with Crippen LogP contribution in [0.3, 0.4) is 0 Å². The maximum absolute atomic E-state index is 13.6. The van der Waals surface area contributed by atoms with Gasteiger partial charge >= 0.3 is 0 Å². The molecule has 3 aromatic carbocycles. The largest absolute Gasteiger partial charge is 0.372 e. The minimum Gasteiger partial charge on any atom is -0.372 e. The Morgan fingerprint density at radius 1 is 1.00 bits per heavy atom. The Balaban J connectivity index is 1.48. The number of anilines is 2. The molecule has 1 fully saturated rings. The van der Waals surface area contributed by atoms with Gasteiger partial charge in [-0.1, -0.05) is 52.7 Å². The average Bonchev–Trinajstić information content (AvgIpc) is 2.88. The number of aryl methyl sites for hydroxylation is 1. The highest BCUT2D eigenvalue weighted by Gasteiger charge is 2.28. The number of carbonyl (C=O) groups is 1. The van der Waals surface area contributed by atoms with Crippen LogP contribution < -0.4 is 14.5 Å². The van der Waals surface area contributed by atoms with Gasteiger partial charge in [-0.25, -0.2) is 8.42 Å². The molecule has 0 saturated carbocycles. The Kier molecular flexibility index (Phi) is 8.60. The summed E-state index contributed by atoms with van der Waals surface area (Å²) in [5, 5.41) is 2.98. The third kappa shape index (κ3) is 6.73. The first-order chi connectivity index (χ1) is 17.6. The van der Waals surface area contributed by atoms with Crippen LogP contribution in [0.4, 0.5) is 11.4 Å². The second-order valence-electron chi connectivity index (χ2n) is 9.85. The van der Waals surface area contributed by atoms with E-state index in [-0.39, 0.29) is 23.4 Å². The van der Waals surface area contributed by atoms with Gasteiger partial charge in [-0.05, 0) is 86.7 Å². The predicted octanol–water partition coefficient (Wildman–Crippen LogP) is 6.07. The van der Waals surface area contributed by atoms with Gasteiger partial charge in [0.15, 0.2) is 0 Å². The van der Waals surface area contributed by atoms with Gasteiger partial charge in [-0.3, -0.25) is 9.10 Å². The van der Waals surface area contributed by atoms with Gasteiger partial charge in [0, 0.05) is 23.2 Å². The molecule has 8 heteroatoms. The van der Waals surface area contributed by atoms with Crippen LogP contribution in [-0.4, -0.2) is 34.0 Å². The summed E-state index contributed by atoms with van der Waals surface area (Å²) in [4.78, 5) is 15.7. The average molecular weight is 585 g/mol. The molecule has 0 aromatic heterocycles. The molecule has 4 rings (SSSR count). The summed E-state index contributed by atoms with van der Waals surface area (Å²) in [6.07, 6.45) is 2.41. The van der Waals surface area contributed by atoms with Crippen molar-refractivity contribution in [2.24, 2.45) is 5.92 Å². The first kappa shape index (κ1) is 27.2. The van der Waals surface area contributed by atoms with Crippen molar-refractivity contribution in [2.45, 2.75) is 44.6 Å². The molecule has 6 nitrogen and oxygen atoms in total. The Hall–Kier alpha value is -2.84. The van der Waals surface area contributed by atoms with E-state index < -0.39 is 10.0 Å². The fourth-order valence-electron chi connectivity index (χ4n) is 4.50. The summed E-state index contributed by atoms with van der Waals surface area (Å²) < 4.78 is 29.1. The maximum Gasteiger partial charge on any atom is 0.264 e. The molecule has 0 aliphatic carbocycles. The summed E-state index contributed by atoms with van der Waals surface area (Å²) in [7, 11) is -3.95. The van der Waals surface area contributed by atoms with Crippen molar-refractivity contribution in [2.75, 3.05) is 28.8 Å². The third-order valence-electron chi connectivity index (χ3n) is 6.93. The second kappa shape index (κ2) is 11.7. The molecule has 1 atom stereocenters. The number of halogens is 1. The summed E-state index contributed by atoms with van der Waals surface area (Å²) in [6, 6.07) is 21.6. The zero-order chi connectivity index (χ0) is 26.6. The fourth-order valence-corrected chi connectivity index (χ4v) is 6.19. The highest BCUT2D eigenvalue weighted by Crippen LogP contribution is 2.27. The minimum atomic E-state index is -3.95. The number of rotatable bonds is 8.